The third-order valence-corrected chi connectivity index (χ3v) is 4.35. The molecule has 2 rings (SSSR count). The van der Waals surface area contributed by atoms with Crippen LogP contribution >= 0.6 is 11.6 Å². The predicted octanol–water partition coefficient (Wildman–Crippen LogP) is 2.14. The number of nitrogens with zero attached hydrogens (tertiary/aromatic N) is 1. The molecule has 1 aliphatic rings. The van der Waals surface area contributed by atoms with E-state index < -0.39 is 0 Å². The Morgan fingerprint density at radius 3 is 2.81 bits per heavy atom. The van der Waals surface area contributed by atoms with Gasteiger partial charge in [-0.25, -0.2) is 0 Å². The van der Waals surface area contributed by atoms with E-state index in [1.54, 1.807) is 7.11 Å². The van der Waals surface area contributed by atoms with E-state index in [4.69, 9.17) is 21.4 Å². The van der Waals surface area contributed by atoms with Crippen molar-refractivity contribution in [2.45, 2.75) is 19.4 Å². The molecule has 1 aromatic carbocycles. The van der Waals surface area contributed by atoms with E-state index in [0.29, 0.717) is 5.92 Å². The predicted molar refractivity (Wildman–Crippen MR) is 86.0 cm³/mol. The second-order valence-electron chi connectivity index (χ2n) is 5.60. The van der Waals surface area contributed by atoms with E-state index in [9.17, 15) is 0 Å². The summed E-state index contributed by atoms with van der Waals surface area (Å²) in [5.74, 6) is 1.59. The summed E-state index contributed by atoms with van der Waals surface area (Å²) in [4.78, 5) is 2.33. The Morgan fingerprint density at radius 2 is 2.14 bits per heavy atom. The molecule has 0 atom stereocenters. The molecule has 0 amide bonds. The number of methoxy groups -OCH3 is 1. The van der Waals surface area contributed by atoms with Gasteiger partial charge in [-0.3, -0.25) is 0 Å². The number of benzene rings is 1. The zero-order valence-electron chi connectivity index (χ0n) is 12.6. The number of ether oxygens (including phenoxy) is 1. The molecule has 0 bridgehead atoms. The van der Waals surface area contributed by atoms with Crippen LogP contribution in [0.3, 0.4) is 0 Å². The summed E-state index contributed by atoms with van der Waals surface area (Å²) < 4.78 is 5.35. The van der Waals surface area contributed by atoms with Crippen LogP contribution in [0.2, 0.25) is 5.02 Å². The van der Waals surface area contributed by atoms with Gasteiger partial charge in [-0.15, -0.1) is 0 Å². The van der Waals surface area contributed by atoms with Crippen LogP contribution in [0.1, 0.15) is 18.4 Å². The lowest BCUT2D eigenvalue weighted by atomic mass is 9.97. The Labute approximate surface area is 132 Å². The van der Waals surface area contributed by atoms with Gasteiger partial charge in [0.1, 0.15) is 5.75 Å². The molecule has 0 aromatic heterocycles. The summed E-state index contributed by atoms with van der Waals surface area (Å²) in [5, 5.41) is 13.2. The van der Waals surface area contributed by atoms with Crippen molar-refractivity contribution in [2.75, 3.05) is 39.9 Å². The van der Waals surface area contributed by atoms with Crippen molar-refractivity contribution in [2.24, 2.45) is 5.92 Å². The first-order chi connectivity index (χ1) is 10.2. The first-order valence-corrected chi connectivity index (χ1v) is 7.97. The number of hydrogen-bond donors (Lipinski definition) is 2. The maximum absolute atomic E-state index is 8.95. The number of hydrogen-bond acceptors (Lipinski definition) is 4. The lowest BCUT2D eigenvalue weighted by Crippen LogP contribution is -2.38. The summed E-state index contributed by atoms with van der Waals surface area (Å²) in [5.41, 5.74) is 1.10. The molecule has 0 saturated carbocycles. The number of nitrogens with one attached hydrogen (secondary N) is 1. The second-order valence-corrected chi connectivity index (χ2v) is 6.03. The van der Waals surface area contributed by atoms with Crippen molar-refractivity contribution in [1.82, 2.24) is 10.2 Å². The number of rotatable bonds is 7. The van der Waals surface area contributed by atoms with Gasteiger partial charge in [-0.2, -0.15) is 0 Å². The van der Waals surface area contributed by atoms with Crippen molar-refractivity contribution in [3.8, 4) is 5.75 Å². The van der Waals surface area contributed by atoms with E-state index in [0.717, 1.165) is 49.1 Å². The molecule has 0 spiro atoms. The average Bonchev–Trinajstić information content (AvgIpc) is 2.50. The molecular formula is C16H25ClN2O2. The van der Waals surface area contributed by atoms with Crippen LogP contribution < -0.4 is 10.1 Å². The van der Waals surface area contributed by atoms with Gasteiger partial charge in [0.05, 0.1) is 13.7 Å². The van der Waals surface area contributed by atoms with E-state index >= 15 is 0 Å². The molecule has 1 heterocycles. The fourth-order valence-corrected chi connectivity index (χ4v) is 3.05. The lowest BCUT2D eigenvalue weighted by Gasteiger charge is -2.31. The van der Waals surface area contributed by atoms with E-state index in [1.165, 1.54) is 12.8 Å². The largest absolute Gasteiger partial charge is 0.496 e. The maximum atomic E-state index is 8.95. The number of piperidine rings is 1. The number of likely N-dealkylation sites (tertiary alicyclic amines) is 1. The molecule has 4 nitrogen and oxygen atoms in total. The summed E-state index contributed by atoms with van der Waals surface area (Å²) in [7, 11) is 1.68. The fraction of sp³-hybridized carbons (Fsp3) is 0.625. The monoisotopic (exact) mass is 312 g/mol. The van der Waals surface area contributed by atoms with Gasteiger partial charge in [0.25, 0.3) is 0 Å². The highest BCUT2D eigenvalue weighted by molar-refractivity contribution is 6.30. The molecule has 1 saturated heterocycles. The third-order valence-electron chi connectivity index (χ3n) is 4.11. The van der Waals surface area contributed by atoms with Crippen LogP contribution in [0.5, 0.6) is 5.75 Å². The molecule has 21 heavy (non-hydrogen) atoms. The van der Waals surface area contributed by atoms with Crippen molar-refractivity contribution >= 4 is 11.6 Å². The molecule has 1 aliphatic heterocycles. The first-order valence-electron chi connectivity index (χ1n) is 7.59. The van der Waals surface area contributed by atoms with Crippen molar-refractivity contribution < 1.29 is 9.84 Å². The van der Waals surface area contributed by atoms with Gasteiger partial charge in [0.15, 0.2) is 0 Å². The zero-order valence-corrected chi connectivity index (χ0v) is 13.4. The summed E-state index contributed by atoms with van der Waals surface area (Å²) in [6.07, 6.45) is 2.39. The minimum Gasteiger partial charge on any atom is -0.496 e. The standard InChI is InChI=1S/C16H25ClN2O2/c1-21-16-3-2-15(17)10-14(16)12-18-11-13-4-6-19(7-5-13)8-9-20/h2-3,10,13,18,20H,4-9,11-12H2,1H3. The van der Waals surface area contributed by atoms with Gasteiger partial charge < -0.3 is 20.1 Å². The van der Waals surface area contributed by atoms with Crippen LogP contribution in [0.15, 0.2) is 18.2 Å². The highest BCUT2D eigenvalue weighted by Crippen LogP contribution is 2.23. The van der Waals surface area contributed by atoms with Crippen molar-refractivity contribution in [3.63, 3.8) is 0 Å². The van der Waals surface area contributed by atoms with E-state index in [2.05, 4.69) is 10.2 Å². The van der Waals surface area contributed by atoms with E-state index in [1.807, 2.05) is 18.2 Å². The molecular weight excluding hydrogens is 288 g/mol. The molecule has 0 unspecified atom stereocenters. The Hall–Kier alpha value is -0.810. The van der Waals surface area contributed by atoms with Gasteiger partial charge in [-0.1, -0.05) is 11.6 Å². The lowest BCUT2D eigenvalue weighted by molar-refractivity contribution is 0.146. The second kappa shape index (κ2) is 8.59. The molecule has 1 aromatic rings. The summed E-state index contributed by atoms with van der Waals surface area (Å²) in [6, 6.07) is 5.71. The number of β-amino-alcohol motifs (C(OH)–C–C–N with tert-alkyl or cyclic N) is 1. The van der Waals surface area contributed by atoms with Crippen LogP contribution in [0, 0.1) is 5.92 Å². The minimum absolute atomic E-state index is 0.261. The normalized spacial score (nSPS) is 17.1. The molecule has 1 fully saturated rings. The van der Waals surface area contributed by atoms with Crippen LogP contribution in [-0.2, 0) is 6.54 Å². The summed E-state index contributed by atoms with van der Waals surface area (Å²) >= 11 is 6.04. The Balaban J connectivity index is 1.74. The Kier molecular flexibility index (Phi) is 6.77. The summed E-state index contributed by atoms with van der Waals surface area (Å²) in [6.45, 7) is 5.04. The third kappa shape index (κ3) is 5.15. The fourth-order valence-electron chi connectivity index (χ4n) is 2.85. The van der Waals surface area contributed by atoms with Crippen molar-refractivity contribution in [1.29, 1.82) is 0 Å². The Morgan fingerprint density at radius 1 is 1.38 bits per heavy atom. The van der Waals surface area contributed by atoms with Gasteiger partial charge in [-0.05, 0) is 56.6 Å². The highest BCUT2D eigenvalue weighted by Gasteiger charge is 2.18. The van der Waals surface area contributed by atoms with E-state index in [-0.39, 0.29) is 6.61 Å². The molecule has 0 aliphatic carbocycles. The molecule has 0 radical (unpaired) electrons. The number of aliphatic hydroxyl groups excluding tert-OH is 1. The highest BCUT2D eigenvalue weighted by atomic mass is 35.5. The Bertz CT molecular complexity index is 434. The molecule has 5 heteroatoms. The van der Waals surface area contributed by atoms with Crippen LogP contribution in [0.25, 0.3) is 0 Å². The smallest absolute Gasteiger partial charge is 0.123 e. The molecule has 2 N–H and O–H groups in total. The van der Waals surface area contributed by atoms with Gasteiger partial charge >= 0.3 is 0 Å². The quantitative estimate of drug-likeness (QED) is 0.810. The van der Waals surface area contributed by atoms with Crippen LogP contribution in [0.4, 0.5) is 0 Å². The van der Waals surface area contributed by atoms with Crippen LogP contribution in [-0.4, -0.2) is 49.9 Å². The SMILES string of the molecule is COc1ccc(Cl)cc1CNCC1CCN(CCO)CC1. The van der Waals surface area contributed by atoms with Gasteiger partial charge in [0, 0.05) is 23.7 Å². The van der Waals surface area contributed by atoms with Gasteiger partial charge in [0.2, 0.25) is 0 Å². The minimum atomic E-state index is 0.261. The number of halogens is 1. The number of aliphatic hydroxyl groups is 1. The maximum Gasteiger partial charge on any atom is 0.123 e. The topological polar surface area (TPSA) is 44.7 Å². The van der Waals surface area contributed by atoms with Crippen molar-refractivity contribution in [3.05, 3.63) is 28.8 Å². The first kappa shape index (κ1) is 16.6. The average molecular weight is 313 g/mol. The zero-order chi connectivity index (χ0) is 15.1. The molecule has 118 valence electrons.